The van der Waals surface area contributed by atoms with E-state index < -0.39 is 0 Å². The number of pyridine rings is 1. The summed E-state index contributed by atoms with van der Waals surface area (Å²) in [5, 5.41) is 3.14. The number of nitrogens with one attached hydrogen (secondary N) is 1. The number of fused-ring (bicyclic) bond motifs is 2. The fourth-order valence-corrected chi connectivity index (χ4v) is 2.30. The summed E-state index contributed by atoms with van der Waals surface area (Å²) >= 11 is 5.87. The lowest BCUT2D eigenvalue weighted by molar-refractivity contribution is 1.41. The summed E-state index contributed by atoms with van der Waals surface area (Å²) in [6.07, 6.45) is 3.69. The third-order valence-electron chi connectivity index (χ3n) is 3.05. The minimum Gasteiger partial charge on any atom is -0.360 e. The smallest absolute Gasteiger partial charge is 0.0701 e. The maximum absolute atomic E-state index is 5.87. The third kappa shape index (κ3) is 2.65. The molecule has 0 atom stereocenters. The number of H-pyrrole nitrogens is 1. The Kier molecular flexibility index (Phi) is 3.66. The van der Waals surface area contributed by atoms with Crippen LogP contribution in [0.15, 0.2) is 73.1 Å². The van der Waals surface area contributed by atoms with Crippen LogP contribution in [0.2, 0.25) is 5.02 Å². The van der Waals surface area contributed by atoms with Crippen LogP contribution < -0.4 is 0 Å². The first-order valence-electron chi connectivity index (χ1n) is 6.36. The van der Waals surface area contributed by atoms with Crippen LogP contribution >= 0.6 is 11.6 Å². The maximum atomic E-state index is 5.87. The van der Waals surface area contributed by atoms with E-state index in [0.29, 0.717) is 0 Å². The Morgan fingerprint density at radius 3 is 2.45 bits per heavy atom. The second-order valence-electron chi connectivity index (χ2n) is 4.38. The van der Waals surface area contributed by atoms with Gasteiger partial charge in [0.05, 0.1) is 16.1 Å². The summed E-state index contributed by atoms with van der Waals surface area (Å²) in [4.78, 5) is 7.24. The van der Waals surface area contributed by atoms with E-state index in [2.05, 4.69) is 22.1 Å². The van der Waals surface area contributed by atoms with Gasteiger partial charge in [0, 0.05) is 23.2 Å². The molecule has 0 amide bonds. The van der Waals surface area contributed by atoms with Crippen molar-refractivity contribution >= 4 is 33.4 Å². The van der Waals surface area contributed by atoms with Gasteiger partial charge in [0.25, 0.3) is 0 Å². The first-order chi connectivity index (χ1) is 9.84. The highest BCUT2D eigenvalue weighted by Gasteiger charge is 1.95. The van der Waals surface area contributed by atoms with Crippen molar-refractivity contribution in [1.82, 2.24) is 9.97 Å². The molecule has 2 heterocycles. The van der Waals surface area contributed by atoms with Gasteiger partial charge < -0.3 is 4.98 Å². The Bertz CT molecular complexity index is 771. The van der Waals surface area contributed by atoms with Crippen molar-refractivity contribution in [3.05, 3.63) is 78.1 Å². The van der Waals surface area contributed by atoms with Crippen LogP contribution in [0.3, 0.4) is 0 Å². The predicted molar refractivity (Wildman–Crippen MR) is 85.1 cm³/mol. The number of rotatable bonds is 0. The highest BCUT2D eigenvalue weighted by molar-refractivity contribution is 6.35. The van der Waals surface area contributed by atoms with Crippen molar-refractivity contribution in [1.29, 1.82) is 0 Å². The first kappa shape index (κ1) is 12.7. The van der Waals surface area contributed by atoms with Crippen molar-refractivity contribution < 1.29 is 0 Å². The average Bonchev–Trinajstić information content (AvgIpc) is 2.98. The quantitative estimate of drug-likeness (QED) is 0.479. The molecular formula is C17H13ClN2. The lowest BCUT2D eigenvalue weighted by atomic mass is 10.2. The molecule has 20 heavy (non-hydrogen) atoms. The number of halogens is 1. The van der Waals surface area contributed by atoms with Gasteiger partial charge in [-0.15, -0.1) is 0 Å². The zero-order valence-electron chi connectivity index (χ0n) is 10.8. The minimum atomic E-state index is 0.780. The number of nitrogens with zero attached hydrogens (tertiary/aromatic N) is 1. The van der Waals surface area contributed by atoms with Gasteiger partial charge in [0.1, 0.15) is 0 Å². The van der Waals surface area contributed by atoms with Crippen molar-refractivity contribution in [2.45, 2.75) is 0 Å². The zero-order valence-corrected chi connectivity index (χ0v) is 11.5. The van der Waals surface area contributed by atoms with Gasteiger partial charge in [-0.05, 0) is 24.3 Å². The Balaban J connectivity index is 0.000000121. The number of aromatic nitrogens is 2. The Morgan fingerprint density at radius 1 is 0.800 bits per heavy atom. The van der Waals surface area contributed by atoms with Crippen LogP contribution in [-0.2, 0) is 0 Å². The average molecular weight is 281 g/mol. The van der Waals surface area contributed by atoms with Crippen LogP contribution in [0.4, 0.5) is 0 Å². The lowest BCUT2D eigenvalue weighted by Crippen LogP contribution is -1.73. The molecule has 0 unspecified atom stereocenters. The minimum absolute atomic E-state index is 0.780. The van der Waals surface area contributed by atoms with E-state index in [0.717, 1.165) is 21.4 Å². The summed E-state index contributed by atoms with van der Waals surface area (Å²) in [7, 11) is 0. The maximum Gasteiger partial charge on any atom is 0.0701 e. The van der Waals surface area contributed by atoms with E-state index in [9.17, 15) is 0 Å². The second-order valence-corrected chi connectivity index (χ2v) is 4.79. The highest BCUT2D eigenvalue weighted by Crippen LogP contribution is 2.20. The molecule has 1 N–H and O–H groups in total. The molecular weight excluding hydrogens is 268 g/mol. The van der Waals surface area contributed by atoms with Crippen molar-refractivity contribution in [3.8, 4) is 0 Å². The van der Waals surface area contributed by atoms with Gasteiger partial charge in [-0.2, -0.15) is 0 Å². The molecule has 0 aliphatic carbocycles. The summed E-state index contributed by atoms with van der Waals surface area (Å²) in [6.45, 7) is 0. The topological polar surface area (TPSA) is 28.7 Å². The molecule has 0 radical (unpaired) electrons. The first-order valence-corrected chi connectivity index (χ1v) is 6.74. The summed E-state index contributed by atoms with van der Waals surface area (Å²) in [6, 6.07) is 19.9. The standard InChI is InChI=1S/C9H7N.C8H6ClN/c1-2-6-9-8(4-1)5-3-7-10-9;9-7-3-1-2-6-4-5-10-8(6)7/h1-7H;1-5,10H. The molecule has 0 aliphatic rings. The number of hydrogen-bond acceptors (Lipinski definition) is 1. The Morgan fingerprint density at radius 2 is 1.60 bits per heavy atom. The van der Waals surface area contributed by atoms with E-state index in [-0.39, 0.29) is 0 Å². The van der Waals surface area contributed by atoms with E-state index in [1.54, 1.807) is 0 Å². The van der Waals surface area contributed by atoms with Gasteiger partial charge in [0.2, 0.25) is 0 Å². The van der Waals surface area contributed by atoms with Crippen LogP contribution in [0, 0.1) is 0 Å². The molecule has 2 nitrogen and oxygen atoms in total. The van der Waals surface area contributed by atoms with E-state index in [1.807, 2.05) is 60.9 Å². The van der Waals surface area contributed by atoms with Crippen molar-refractivity contribution in [3.63, 3.8) is 0 Å². The highest BCUT2D eigenvalue weighted by atomic mass is 35.5. The zero-order chi connectivity index (χ0) is 13.8. The van der Waals surface area contributed by atoms with Crippen LogP contribution in [-0.4, -0.2) is 9.97 Å². The van der Waals surface area contributed by atoms with E-state index in [4.69, 9.17) is 11.6 Å². The molecule has 0 saturated carbocycles. The van der Waals surface area contributed by atoms with Gasteiger partial charge in [0.15, 0.2) is 0 Å². The fourth-order valence-electron chi connectivity index (χ4n) is 2.06. The van der Waals surface area contributed by atoms with Crippen LogP contribution in [0.5, 0.6) is 0 Å². The van der Waals surface area contributed by atoms with E-state index in [1.165, 1.54) is 5.39 Å². The van der Waals surface area contributed by atoms with Gasteiger partial charge in [-0.1, -0.05) is 48.0 Å². The molecule has 4 rings (SSSR count). The Labute approximate surface area is 122 Å². The number of aromatic amines is 1. The van der Waals surface area contributed by atoms with Crippen molar-refractivity contribution in [2.75, 3.05) is 0 Å². The summed E-state index contributed by atoms with van der Waals surface area (Å²) in [5.41, 5.74) is 2.08. The lowest BCUT2D eigenvalue weighted by Gasteiger charge is -1.91. The number of benzene rings is 2. The third-order valence-corrected chi connectivity index (χ3v) is 3.36. The number of para-hydroxylation sites is 2. The molecule has 0 aliphatic heterocycles. The van der Waals surface area contributed by atoms with Crippen LogP contribution in [0.25, 0.3) is 21.8 Å². The van der Waals surface area contributed by atoms with Gasteiger partial charge >= 0.3 is 0 Å². The van der Waals surface area contributed by atoms with Crippen LogP contribution in [0.1, 0.15) is 0 Å². The predicted octanol–water partition coefficient (Wildman–Crippen LogP) is 5.06. The molecule has 0 fully saturated rings. The van der Waals surface area contributed by atoms with Gasteiger partial charge in [-0.25, -0.2) is 0 Å². The van der Waals surface area contributed by atoms with E-state index >= 15 is 0 Å². The molecule has 3 heteroatoms. The molecule has 4 aromatic rings. The van der Waals surface area contributed by atoms with Crippen molar-refractivity contribution in [2.24, 2.45) is 0 Å². The molecule has 2 aromatic heterocycles. The summed E-state index contributed by atoms with van der Waals surface area (Å²) < 4.78 is 0. The summed E-state index contributed by atoms with van der Waals surface area (Å²) in [5.74, 6) is 0. The second kappa shape index (κ2) is 5.76. The molecule has 0 bridgehead atoms. The van der Waals surface area contributed by atoms with Gasteiger partial charge in [-0.3, -0.25) is 4.98 Å². The molecule has 2 aromatic carbocycles. The fraction of sp³-hybridized carbons (Fsp3) is 0. The molecule has 0 spiro atoms. The normalized spacial score (nSPS) is 10.2. The molecule has 0 saturated heterocycles. The number of hydrogen-bond donors (Lipinski definition) is 1. The SMILES string of the molecule is Clc1cccc2cc[nH]c12.c1ccc2ncccc2c1. The largest absolute Gasteiger partial charge is 0.360 e. The Hall–Kier alpha value is -2.32. The molecule has 98 valence electrons. The monoisotopic (exact) mass is 280 g/mol.